The Bertz CT molecular complexity index is 343. The first kappa shape index (κ1) is 9.24. The first-order chi connectivity index (χ1) is 6.84. The molecule has 2 N–H and O–H groups in total. The Kier molecular flexibility index (Phi) is 2.81. The van der Waals surface area contributed by atoms with E-state index in [2.05, 4.69) is 15.5 Å². The molecule has 2 rings (SSSR count). The highest BCUT2D eigenvalue weighted by molar-refractivity contribution is 5.38. The maximum absolute atomic E-state index is 10.9. The van der Waals surface area contributed by atoms with Gasteiger partial charge < -0.3 is 5.32 Å². The van der Waals surface area contributed by atoms with Gasteiger partial charge in [0.15, 0.2) is 0 Å². The lowest BCUT2D eigenvalue weighted by Gasteiger charge is -2.25. The quantitative estimate of drug-likeness (QED) is 0.759. The number of aromatic amines is 1. The second-order valence-corrected chi connectivity index (χ2v) is 3.85. The maximum atomic E-state index is 10.9. The second kappa shape index (κ2) is 4.26. The Balaban J connectivity index is 1.76. The van der Waals surface area contributed by atoms with Crippen LogP contribution in [-0.2, 0) is 0 Å². The van der Waals surface area contributed by atoms with E-state index in [1.54, 1.807) is 6.20 Å². The van der Waals surface area contributed by atoms with Gasteiger partial charge in [-0.25, -0.2) is 5.10 Å². The SMILES string of the molecule is O=c1cc(NCCC2CCC2)cn[nH]1. The fourth-order valence-electron chi connectivity index (χ4n) is 1.67. The van der Waals surface area contributed by atoms with E-state index >= 15 is 0 Å². The summed E-state index contributed by atoms with van der Waals surface area (Å²) in [6.07, 6.45) is 6.97. The molecule has 1 aromatic rings. The van der Waals surface area contributed by atoms with E-state index in [1.807, 2.05) is 0 Å². The Morgan fingerprint density at radius 2 is 2.43 bits per heavy atom. The number of hydrogen-bond donors (Lipinski definition) is 2. The maximum Gasteiger partial charge on any atom is 0.266 e. The molecule has 4 heteroatoms. The van der Waals surface area contributed by atoms with Crippen LogP contribution in [0.1, 0.15) is 25.7 Å². The fraction of sp³-hybridized carbons (Fsp3) is 0.600. The lowest BCUT2D eigenvalue weighted by molar-refractivity contribution is 0.303. The number of hydrogen-bond acceptors (Lipinski definition) is 3. The van der Waals surface area contributed by atoms with Gasteiger partial charge in [-0.2, -0.15) is 5.10 Å². The van der Waals surface area contributed by atoms with Crippen molar-refractivity contribution in [1.29, 1.82) is 0 Å². The third-order valence-electron chi connectivity index (χ3n) is 2.77. The zero-order chi connectivity index (χ0) is 9.80. The van der Waals surface area contributed by atoms with Crippen LogP contribution in [0.15, 0.2) is 17.1 Å². The highest BCUT2D eigenvalue weighted by Crippen LogP contribution is 2.28. The van der Waals surface area contributed by atoms with Gasteiger partial charge in [0.25, 0.3) is 5.56 Å². The van der Waals surface area contributed by atoms with Crippen LogP contribution in [0.2, 0.25) is 0 Å². The van der Waals surface area contributed by atoms with Crippen molar-refractivity contribution in [2.45, 2.75) is 25.7 Å². The molecule has 0 amide bonds. The van der Waals surface area contributed by atoms with Gasteiger partial charge in [-0.1, -0.05) is 19.3 Å². The zero-order valence-electron chi connectivity index (χ0n) is 8.12. The van der Waals surface area contributed by atoms with Crippen LogP contribution >= 0.6 is 0 Å². The van der Waals surface area contributed by atoms with Gasteiger partial charge in [0.1, 0.15) is 0 Å². The average Bonchev–Trinajstić information content (AvgIpc) is 2.09. The fourth-order valence-corrected chi connectivity index (χ4v) is 1.67. The van der Waals surface area contributed by atoms with Gasteiger partial charge in [-0.3, -0.25) is 4.79 Å². The van der Waals surface area contributed by atoms with Crippen molar-refractivity contribution in [3.8, 4) is 0 Å². The summed E-state index contributed by atoms with van der Waals surface area (Å²) in [5.41, 5.74) is 0.659. The van der Waals surface area contributed by atoms with E-state index in [9.17, 15) is 4.79 Å². The minimum Gasteiger partial charge on any atom is -0.384 e. The van der Waals surface area contributed by atoms with E-state index < -0.39 is 0 Å². The molecule has 0 spiro atoms. The minimum atomic E-state index is -0.154. The molecule has 0 bridgehead atoms. The number of rotatable bonds is 4. The summed E-state index contributed by atoms with van der Waals surface area (Å²) in [4.78, 5) is 10.9. The smallest absolute Gasteiger partial charge is 0.266 e. The van der Waals surface area contributed by atoms with Crippen molar-refractivity contribution < 1.29 is 0 Å². The lowest BCUT2D eigenvalue weighted by atomic mass is 9.83. The molecule has 76 valence electrons. The normalized spacial score (nSPS) is 16.3. The summed E-state index contributed by atoms with van der Waals surface area (Å²) in [5, 5.41) is 9.27. The summed E-state index contributed by atoms with van der Waals surface area (Å²) < 4.78 is 0. The molecule has 0 radical (unpaired) electrons. The first-order valence-corrected chi connectivity index (χ1v) is 5.13. The van der Waals surface area contributed by atoms with E-state index in [1.165, 1.54) is 31.7 Å². The van der Waals surface area contributed by atoms with E-state index in [4.69, 9.17) is 0 Å². The summed E-state index contributed by atoms with van der Waals surface area (Å²) in [5.74, 6) is 0.900. The van der Waals surface area contributed by atoms with Crippen molar-refractivity contribution >= 4 is 5.69 Å². The molecular formula is C10H15N3O. The lowest BCUT2D eigenvalue weighted by Crippen LogP contribution is -2.16. The predicted octanol–water partition coefficient (Wildman–Crippen LogP) is 1.37. The molecule has 14 heavy (non-hydrogen) atoms. The molecule has 0 unspecified atom stereocenters. The van der Waals surface area contributed by atoms with Crippen molar-refractivity contribution in [2.75, 3.05) is 11.9 Å². The van der Waals surface area contributed by atoms with Gasteiger partial charge in [-0.15, -0.1) is 0 Å². The Morgan fingerprint density at radius 3 is 3.07 bits per heavy atom. The first-order valence-electron chi connectivity index (χ1n) is 5.13. The van der Waals surface area contributed by atoms with Crippen LogP contribution in [0.25, 0.3) is 0 Å². The topological polar surface area (TPSA) is 57.8 Å². The van der Waals surface area contributed by atoms with Gasteiger partial charge in [0.2, 0.25) is 0 Å². The van der Waals surface area contributed by atoms with Gasteiger partial charge >= 0.3 is 0 Å². The molecule has 0 aliphatic heterocycles. The molecule has 1 saturated carbocycles. The highest BCUT2D eigenvalue weighted by Gasteiger charge is 2.16. The van der Waals surface area contributed by atoms with Gasteiger partial charge in [0, 0.05) is 12.6 Å². The summed E-state index contributed by atoms with van der Waals surface area (Å²) in [6.45, 7) is 0.940. The highest BCUT2D eigenvalue weighted by atomic mass is 16.1. The van der Waals surface area contributed by atoms with Gasteiger partial charge in [-0.05, 0) is 12.3 Å². The molecule has 0 atom stereocenters. The van der Waals surface area contributed by atoms with Crippen LogP contribution in [0.5, 0.6) is 0 Å². The minimum absolute atomic E-state index is 0.154. The van der Waals surface area contributed by atoms with E-state index in [0.717, 1.165) is 18.2 Å². The molecule has 1 aromatic heterocycles. The van der Waals surface area contributed by atoms with Gasteiger partial charge in [0.05, 0.1) is 11.9 Å². The number of anilines is 1. The summed E-state index contributed by atoms with van der Waals surface area (Å²) >= 11 is 0. The van der Waals surface area contributed by atoms with Crippen molar-refractivity contribution in [3.05, 3.63) is 22.6 Å². The number of nitrogens with zero attached hydrogens (tertiary/aromatic N) is 1. The molecule has 1 aliphatic rings. The van der Waals surface area contributed by atoms with Crippen LogP contribution in [0.4, 0.5) is 5.69 Å². The third-order valence-corrected chi connectivity index (χ3v) is 2.77. The number of nitrogens with one attached hydrogen (secondary N) is 2. The van der Waals surface area contributed by atoms with E-state index in [-0.39, 0.29) is 5.56 Å². The Hall–Kier alpha value is -1.32. The van der Waals surface area contributed by atoms with Crippen molar-refractivity contribution in [3.63, 3.8) is 0 Å². The Morgan fingerprint density at radius 1 is 1.57 bits per heavy atom. The van der Waals surface area contributed by atoms with Crippen LogP contribution in [-0.4, -0.2) is 16.7 Å². The monoisotopic (exact) mass is 193 g/mol. The van der Waals surface area contributed by atoms with Crippen molar-refractivity contribution in [2.24, 2.45) is 5.92 Å². The molecule has 1 heterocycles. The molecule has 0 saturated heterocycles. The third kappa shape index (κ3) is 2.34. The van der Waals surface area contributed by atoms with Crippen LogP contribution in [0.3, 0.4) is 0 Å². The number of H-pyrrole nitrogens is 1. The molecule has 1 aliphatic carbocycles. The number of aromatic nitrogens is 2. The van der Waals surface area contributed by atoms with E-state index in [0.29, 0.717) is 0 Å². The summed E-state index contributed by atoms with van der Waals surface area (Å²) in [6, 6.07) is 1.54. The molecular weight excluding hydrogens is 178 g/mol. The zero-order valence-corrected chi connectivity index (χ0v) is 8.12. The van der Waals surface area contributed by atoms with Crippen molar-refractivity contribution in [1.82, 2.24) is 10.2 Å². The second-order valence-electron chi connectivity index (χ2n) is 3.85. The molecule has 1 fully saturated rings. The van der Waals surface area contributed by atoms with Crippen LogP contribution in [0, 0.1) is 5.92 Å². The average molecular weight is 193 g/mol. The van der Waals surface area contributed by atoms with Crippen LogP contribution < -0.4 is 10.9 Å². The predicted molar refractivity (Wildman–Crippen MR) is 55.3 cm³/mol. The molecule has 4 nitrogen and oxygen atoms in total. The Labute approximate surface area is 82.7 Å². The summed E-state index contributed by atoms with van der Waals surface area (Å²) in [7, 11) is 0. The molecule has 0 aromatic carbocycles. The standard InChI is InChI=1S/C10H15N3O/c14-10-6-9(7-12-13-10)11-5-4-8-2-1-3-8/h6-8H,1-5H2,(H2,11,13,14). The largest absolute Gasteiger partial charge is 0.384 e.